The Hall–Kier alpha value is -1.32. The van der Waals surface area contributed by atoms with E-state index >= 15 is 0 Å². The second-order valence-corrected chi connectivity index (χ2v) is 15.9. The third-order valence-corrected chi connectivity index (χ3v) is 3.30. The summed E-state index contributed by atoms with van der Waals surface area (Å²) in [5, 5.41) is 47.2. The molecule has 60 heavy (non-hydrogen) atoms. The van der Waals surface area contributed by atoms with Gasteiger partial charge in [0, 0.05) is 34.5 Å². The lowest BCUT2D eigenvalue weighted by Crippen LogP contribution is -1.99. The molecule has 0 heterocycles. The largest absolute Gasteiger partial charge is 0.481 e. The molecule has 0 aliphatic carbocycles. The molecule has 24 heteroatoms. The van der Waals surface area contributed by atoms with Gasteiger partial charge in [0.25, 0.3) is 0 Å². The third kappa shape index (κ3) is 632. The van der Waals surface area contributed by atoms with E-state index in [1.807, 2.05) is 156 Å². The van der Waals surface area contributed by atoms with Crippen molar-refractivity contribution in [3.05, 3.63) is 0 Å². The molecule has 0 aliphatic rings. The fraction of sp³-hybridized carbons (Fsp3) is 0.833. The quantitative estimate of drug-likeness (QED) is 0.125. The second-order valence-electron chi connectivity index (χ2n) is 13.3. The zero-order valence-corrected chi connectivity index (χ0v) is 45.4. The van der Waals surface area contributed by atoms with Crippen molar-refractivity contribution in [2.75, 3.05) is 161 Å². The van der Waals surface area contributed by atoms with Crippen LogP contribution in [0, 0.1) is 0 Å². The van der Waals surface area contributed by atoms with Gasteiger partial charge in [-0.05, 0) is 127 Å². The van der Waals surface area contributed by atoms with Crippen molar-refractivity contribution in [2.45, 2.75) is 38.5 Å². The van der Waals surface area contributed by atoms with E-state index in [9.17, 15) is 28.8 Å². The van der Waals surface area contributed by atoms with Crippen LogP contribution in [0.4, 0.5) is 0 Å². The third-order valence-electron chi connectivity index (χ3n) is 1.95. The van der Waals surface area contributed by atoms with Crippen molar-refractivity contribution in [1.82, 2.24) is 29.4 Å². The van der Waals surface area contributed by atoms with Gasteiger partial charge >= 0.3 is 35.8 Å². The molecule has 0 aromatic rings. The molecule has 0 spiro atoms. The first kappa shape index (κ1) is 89.6. The van der Waals surface area contributed by atoms with Gasteiger partial charge in [0.15, 0.2) is 0 Å². The smallest absolute Gasteiger partial charge is 0.304 e. The second kappa shape index (κ2) is 85.0. The molecule has 0 atom stereocenters. The van der Waals surface area contributed by atoms with Gasteiger partial charge in [-0.3, -0.25) is 28.8 Å². The summed E-state index contributed by atoms with van der Waals surface area (Å²) in [6.45, 7) is 0. The zero-order chi connectivity index (χ0) is 51.4. The van der Waals surface area contributed by atoms with Gasteiger partial charge in [0.1, 0.15) is 0 Å². The Kier molecular flexibility index (Phi) is 127. The average molecular weight is 992 g/mol. The Morgan fingerprint density at radius 2 is 0.300 bits per heavy atom. The number of hydrogen-bond acceptors (Lipinski definition) is 18. The van der Waals surface area contributed by atoms with Crippen molar-refractivity contribution in [1.29, 1.82) is 0 Å². The van der Waals surface area contributed by atoms with Crippen LogP contribution in [0.2, 0.25) is 0 Å². The molecular formula is C36H90N6O12S6. The Morgan fingerprint density at radius 3 is 0.300 bits per heavy atom. The molecule has 0 aromatic heterocycles. The summed E-state index contributed by atoms with van der Waals surface area (Å²) in [5.74, 6) is -2.17. The van der Waals surface area contributed by atoms with Gasteiger partial charge in [-0.25, -0.2) is 0 Å². The molecule has 0 rings (SSSR count). The molecule has 372 valence electrons. The number of rotatable bonds is 12. The minimum atomic E-state index is -0.787. The summed E-state index contributed by atoms with van der Waals surface area (Å²) in [5.41, 5.74) is 0. The van der Waals surface area contributed by atoms with E-state index in [0.29, 0.717) is 34.5 Å². The summed E-state index contributed by atoms with van der Waals surface area (Å²) in [6.07, 6.45) is 0.935. The van der Waals surface area contributed by atoms with Crippen LogP contribution in [0.15, 0.2) is 0 Å². The number of nitrogens with zero attached hydrogens (tertiary/aromatic N) is 6. The Balaban J connectivity index is -0.0000000421. The average Bonchev–Trinajstić information content (AvgIpc) is 2.97. The van der Waals surface area contributed by atoms with E-state index in [-0.39, 0.29) is 38.5 Å². The van der Waals surface area contributed by atoms with E-state index in [0.717, 1.165) is 0 Å². The molecule has 0 fully saturated rings. The van der Waals surface area contributed by atoms with Crippen molar-refractivity contribution < 1.29 is 59.4 Å². The van der Waals surface area contributed by atoms with Gasteiger partial charge in [-0.1, -0.05) is 0 Å². The van der Waals surface area contributed by atoms with E-state index in [1.165, 1.54) is 0 Å². The normalized spacial score (nSPS) is 8.50. The molecule has 0 radical (unpaired) electrons. The highest BCUT2D eigenvalue weighted by molar-refractivity contribution is 7.81. The number of carboxylic acid groups (broad SMARTS) is 6. The lowest BCUT2D eigenvalue weighted by atomic mass is 10.5. The lowest BCUT2D eigenvalue weighted by molar-refractivity contribution is -0.137. The number of thiol groups is 6. The van der Waals surface area contributed by atoms with Crippen molar-refractivity contribution >= 4 is 112 Å². The van der Waals surface area contributed by atoms with Crippen LogP contribution in [0.3, 0.4) is 0 Å². The fourth-order valence-corrected chi connectivity index (χ4v) is 1.72. The maximum absolute atomic E-state index is 9.55. The molecule has 0 unspecified atom stereocenters. The number of aliphatic carboxylic acids is 6. The molecular weight excluding hydrogens is 901 g/mol. The zero-order valence-electron chi connectivity index (χ0n) is 40.0. The van der Waals surface area contributed by atoms with Crippen LogP contribution in [0.1, 0.15) is 38.5 Å². The van der Waals surface area contributed by atoms with Crippen molar-refractivity contribution in [3.8, 4) is 0 Å². The first-order chi connectivity index (χ1) is 27.0. The SMILES string of the molecule is CN(C)C.CN(C)C.CN(C)C.CN(C)C.CN(C)C.CN(C)C.O=C(O)CCS.O=C(O)CCS.O=C(O)CCS.O=C(O)CCS.O=C(O)CCS.O=C(O)CCS. The summed E-state index contributed by atoms with van der Waals surface area (Å²) >= 11 is 22.1. The van der Waals surface area contributed by atoms with E-state index < -0.39 is 35.8 Å². The Bertz CT molecular complexity index is 669. The molecule has 0 saturated heterocycles. The van der Waals surface area contributed by atoms with Gasteiger partial charge in [0.2, 0.25) is 0 Å². The minimum absolute atomic E-state index is 0.156. The van der Waals surface area contributed by atoms with Crippen LogP contribution in [0.25, 0.3) is 0 Å². The standard InChI is InChI=1S/6C3H9N.6C3H6O2S/c6*1-4(2)3;6*4-3(5)1-2-6/h6*1-3H3;6*6H,1-2H2,(H,4,5). The van der Waals surface area contributed by atoms with Gasteiger partial charge in [0.05, 0.1) is 38.5 Å². The molecule has 0 aliphatic heterocycles. The maximum Gasteiger partial charge on any atom is 0.304 e. The first-order valence-corrected chi connectivity index (χ1v) is 21.4. The van der Waals surface area contributed by atoms with E-state index in [4.69, 9.17) is 30.6 Å². The Labute approximate surface area is 398 Å². The highest BCUT2D eigenvalue weighted by atomic mass is 32.1. The molecule has 0 saturated carbocycles. The van der Waals surface area contributed by atoms with Crippen LogP contribution < -0.4 is 0 Å². The first-order valence-electron chi connectivity index (χ1n) is 17.6. The van der Waals surface area contributed by atoms with E-state index in [2.05, 4.69) is 75.8 Å². The van der Waals surface area contributed by atoms with Gasteiger partial charge in [-0.15, -0.1) is 0 Å². The Morgan fingerprint density at radius 1 is 0.250 bits per heavy atom. The summed E-state index contributed by atoms with van der Waals surface area (Å²) in [6, 6.07) is 0. The maximum atomic E-state index is 9.55. The van der Waals surface area contributed by atoms with Crippen LogP contribution in [0.5, 0.6) is 0 Å². The molecule has 18 nitrogen and oxygen atoms in total. The van der Waals surface area contributed by atoms with E-state index in [1.54, 1.807) is 0 Å². The predicted molar refractivity (Wildman–Crippen MR) is 274 cm³/mol. The highest BCUT2D eigenvalue weighted by Crippen LogP contribution is 1.82. The predicted octanol–water partition coefficient (Wildman–Crippen LogP) is 3.41. The number of carbonyl (C=O) groups is 6. The lowest BCUT2D eigenvalue weighted by Gasteiger charge is -1.90. The van der Waals surface area contributed by atoms with Crippen LogP contribution >= 0.6 is 75.8 Å². The van der Waals surface area contributed by atoms with Gasteiger partial charge < -0.3 is 60.0 Å². The van der Waals surface area contributed by atoms with Crippen LogP contribution in [-0.2, 0) is 28.8 Å². The van der Waals surface area contributed by atoms with Crippen molar-refractivity contribution in [3.63, 3.8) is 0 Å². The van der Waals surface area contributed by atoms with Gasteiger partial charge in [-0.2, -0.15) is 75.8 Å². The molecule has 6 N–H and O–H groups in total. The highest BCUT2D eigenvalue weighted by Gasteiger charge is 1.90. The fourth-order valence-electron chi connectivity index (χ4n) is 0.574. The monoisotopic (exact) mass is 990 g/mol. The van der Waals surface area contributed by atoms with Crippen molar-refractivity contribution in [2.24, 2.45) is 0 Å². The molecule has 0 amide bonds. The number of carboxylic acids is 6. The summed E-state index contributed by atoms with van der Waals surface area (Å²) in [4.78, 5) is 69.3. The molecule has 0 bridgehead atoms. The van der Waals surface area contributed by atoms with Crippen LogP contribution in [-0.4, -0.2) is 257 Å². The summed E-state index contributed by atoms with van der Waals surface area (Å²) < 4.78 is 0. The number of hydrogen-bond donors (Lipinski definition) is 12. The topological polar surface area (TPSA) is 243 Å². The summed E-state index contributed by atoms with van der Waals surface area (Å²) in [7, 11) is 36.0. The minimum Gasteiger partial charge on any atom is -0.481 e. The molecule has 0 aromatic carbocycles.